The van der Waals surface area contributed by atoms with Gasteiger partial charge in [-0.15, -0.1) is 0 Å². The number of nitrogens with two attached hydrogens (primary N) is 1. The van der Waals surface area contributed by atoms with Gasteiger partial charge >= 0.3 is 0 Å². The summed E-state index contributed by atoms with van der Waals surface area (Å²) in [5.41, 5.74) is 6.93. The molecular formula is C15H18FN3O. The highest BCUT2D eigenvalue weighted by molar-refractivity contribution is 5.63. The lowest BCUT2D eigenvalue weighted by Crippen LogP contribution is -2.29. The third-order valence-corrected chi connectivity index (χ3v) is 3.92. The first-order chi connectivity index (χ1) is 9.66. The number of hydrogen-bond donors (Lipinski definition) is 2. The van der Waals surface area contributed by atoms with E-state index in [4.69, 9.17) is 5.73 Å². The van der Waals surface area contributed by atoms with Gasteiger partial charge in [0.15, 0.2) is 0 Å². The lowest BCUT2D eigenvalue weighted by atomic mass is 9.93. The smallest absolute Gasteiger partial charge is 0.132 e. The highest BCUT2D eigenvalue weighted by Crippen LogP contribution is 2.32. The molecule has 1 aliphatic carbocycles. The maximum atomic E-state index is 13.8. The van der Waals surface area contributed by atoms with E-state index < -0.39 is 6.10 Å². The summed E-state index contributed by atoms with van der Waals surface area (Å²) in [6.45, 7) is 0. The number of anilines is 1. The molecule has 0 amide bonds. The minimum Gasteiger partial charge on any atom is -0.391 e. The fourth-order valence-corrected chi connectivity index (χ4v) is 2.85. The summed E-state index contributed by atoms with van der Waals surface area (Å²) in [7, 11) is 0. The SMILES string of the molecule is Nc1cc(-c2ccccc2F)nn1C1CCCCC1O. The fraction of sp³-hybridized carbons (Fsp3) is 0.400. The minimum atomic E-state index is -0.431. The molecule has 5 heteroatoms. The highest BCUT2D eigenvalue weighted by Gasteiger charge is 2.27. The van der Waals surface area contributed by atoms with E-state index in [0.717, 1.165) is 25.7 Å². The summed E-state index contributed by atoms with van der Waals surface area (Å²) in [6, 6.07) is 8.05. The van der Waals surface area contributed by atoms with Crippen molar-refractivity contribution < 1.29 is 9.50 Å². The van der Waals surface area contributed by atoms with E-state index in [9.17, 15) is 9.50 Å². The quantitative estimate of drug-likeness (QED) is 0.885. The monoisotopic (exact) mass is 275 g/mol. The Hall–Kier alpha value is -1.88. The van der Waals surface area contributed by atoms with Crippen LogP contribution < -0.4 is 5.73 Å². The van der Waals surface area contributed by atoms with Crippen molar-refractivity contribution in [2.75, 3.05) is 5.73 Å². The van der Waals surface area contributed by atoms with Crippen LogP contribution in [0.1, 0.15) is 31.7 Å². The molecule has 0 aliphatic heterocycles. The van der Waals surface area contributed by atoms with Crippen LogP contribution >= 0.6 is 0 Å². The molecule has 1 fully saturated rings. The molecule has 1 aromatic heterocycles. The molecule has 3 N–H and O–H groups in total. The molecule has 0 spiro atoms. The molecule has 3 rings (SSSR count). The largest absolute Gasteiger partial charge is 0.391 e. The van der Waals surface area contributed by atoms with E-state index in [-0.39, 0.29) is 11.9 Å². The summed E-state index contributed by atoms with van der Waals surface area (Å²) in [4.78, 5) is 0. The number of nitrogens with zero attached hydrogens (tertiary/aromatic N) is 2. The van der Waals surface area contributed by atoms with Crippen LogP contribution in [0.2, 0.25) is 0 Å². The van der Waals surface area contributed by atoms with Crippen molar-refractivity contribution in [2.24, 2.45) is 0 Å². The normalized spacial score (nSPS) is 22.9. The van der Waals surface area contributed by atoms with Crippen LogP contribution in [-0.2, 0) is 0 Å². The van der Waals surface area contributed by atoms with Crippen molar-refractivity contribution >= 4 is 5.82 Å². The maximum absolute atomic E-state index is 13.8. The van der Waals surface area contributed by atoms with Crippen LogP contribution in [-0.4, -0.2) is 21.0 Å². The van der Waals surface area contributed by atoms with Crippen LogP contribution in [0.5, 0.6) is 0 Å². The van der Waals surface area contributed by atoms with E-state index >= 15 is 0 Å². The third kappa shape index (κ3) is 2.29. The molecule has 2 unspecified atom stereocenters. The number of aliphatic hydroxyl groups is 1. The second kappa shape index (κ2) is 5.25. The number of hydrogen-bond acceptors (Lipinski definition) is 3. The van der Waals surface area contributed by atoms with Gasteiger partial charge in [0.05, 0.1) is 17.8 Å². The first-order valence-corrected chi connectivity index (χ1v) is 6.95. The van der Waals surface area contributed by atoms with E-state index in [1.807, 2.05) is 0 Å². The molecule has 0 saturated heterocycles. The van der Waals surface area contributed by atoms with Gasteiger partial charge < -0.3 is 10.8 Å². The standard InChI is InChI=1S/C15H18FN3O/c16-11-6-2-1-5-10(11)12-9-15(17)19(18-12)13-7-3-4-8-14(13)20/h1-2,5-6,9,13-14,20H,3-4,7-8,17H2. The molecule has 0 bridgehead atoms. The highest BCUT2D eigenvalue weighted by atomic mass is 19.1. The molecule has 2 aromatic rings. The summed E-state index contributed by atoms with van der Waals surface area (Å²) in [6.07, 6.45) is 3.26. The zero-order valence-electron chi connectivity index (χ0n) is 11.2. The predicted molar refractivity (Wildman–Crippen MR) is 75.5 cm³/mol. The van der Waals surface area contributed by atoms with Crippen molar-refractivity contribution in [1.29, 1.82) is 0 Å². The van der Waals surface area contributed by atoms with Gasteiger partial charge in [-0.2, -0.15) is 5.10 Å². The van der Waals surface area contributed by atoms with Crippen molar-refractivity contribution in [3.05, 3.63) is 36.1 Å². The number of aromatic nitrogens is 2. The number of nitrogen functional groups attached to an aromatic ring is 1. The second-order valence-corrected chi connectivity index (χ2v) is 5.30. The maximum Gasteiger partial charge on any atom is 0.132 e. The Morgan fingerprint density at radius 3 is 2.75 bits per heavy atom. The van der Waals surface area contributed by atoms with E-state index in [1.54, 1.807) is 28.9 Å². The van der Waals surface area contributed by atoms with Gasteiger partial charge in [-0.1, -0.05) is 25.0 Å². The Bertz CT molecular complexity index is 611. The predicted octanol–water partition coefficient (Wildman–Crippen LogP) is 2.75. The van der Waals surface area contributed by atoms with Crippen molar-refractivity contribution in [1.82, 2.24) is 9.78 Å². The van der Waals surface area contributed by atoms with Crippen LogP contribution in [0.25, 0.3) is 11.3 Å². The summed E-state index contributed by atoms with van der Waals surface area (Å²) in [5, 5.41) is 14.5. The molecule has 2 atom stereocenters. The zero-order chi connectivity index (χ0) is 14.1. The third-order valence-electron chi connectivity index (χ3n) is 3.92. The topological polar surface area (TPSA) is 64.1 Å². The molecule has 1 aliphatic rings. The average Bonchev–Trinajstić information content (AvgIpc) is 2.81. The molecule has 4 nitrogen and oxygen atoms in total. The lowest BCUT2D eigenvalue weighted by molar-refractivity contribution is 0.0707. The van der Waals surface area contributed by atoms with Gasteiger partial charge in [-0.3, -0.25) is 0 Å². The molecule has 20 heavy (non-hydrogen) atoms. The molecule has 1 heterocycles. The minimum absolute atomic E-state index is 0.107. The summed E-state index contributed by atoms with van der Waals surface area (Å²) < 4.78 is 15.4. The molecule has 1 aromatic carbocycles. The first kappa shape index (κ1) is 13.1. The van der Waals surface area contributed by atoms with Crippen molar-refractivity contribution in [3.63, 3.8) is 0 Å². The Morgan fingerprint density at radius 1 is 1.25 bits per heavy atom. The van der Waals surface area contributed by atoms with Crippen LogP contribution in [0.4, 0.5) is 10.2 Å². The van der Waals surface area contributed by atoms with Gasteiger partial charge in [0.2, 0.25) is 0 Å². The van der Waals surface area contributed by atoms with Gasteiger partial charge in [-0.05, 0) is 25.0 Å². The van der Waals surface area contributed by atoms with Gasteiger partial charge in [0.25, 0.3) is 0 Å². The Labute approximate surface area is 117 Å². The second-order valence-electron chi connectivity index (χ2n) is 5.30. The van der Waals surface area contributed by atoms with Gasteiger partial charge in [0, 0.05) is 11.6 Å². The van der Waals surface area contributed by atoms with Crippen LogP contribution in [0.15, 0.2) is 30.3 Å². The van der Waals surface area contributed by atoms with Gasteiger partial charge in [-0.25, -0.2) is 9.07 Å². The number of aliphatic hydroxyl groups excluding tert-OH is 1. The molecule has 0 radical (unpaired) electrons. The average molecular weight is 275 g/mol. The fourth-order valence-electron chi connectivity index (χ4n) is 2.85. The van der Waals surface area contributed by atoms with Crippen molar-refractivity contribution in [2.45, 2.75) is 37.8 Å². The Morgan fingerprint density at radius 2 is 2.00 bits per heavy atom. The molecule has 1 saturated carbocycles. The van der Waals surface area contributed by atoms with E-state index in [2.05, 4.69) is 5.10 Å². The molecule has 106 valence electrons. The zero-order valence-corrected chi connectivity index (χ0v) is 11.2. The van der Waals surface area contributed by atoms with Crippen molar-refractivity contribution in [3.8, 4) is 11.3 Å². The number of benzene rings is 1. The van der Waals surface area contributed by atoms with E-state index in [1.165, 1.54) is 6.07 Å². The summed E-state index contributed by atoms with van der Waals surface area (Å²) in [5.74, 6) is 0.149. The molecular weight excluding hydrogens is 257 g/mol. The Balaban J connectivity index is 1.97. The van der Waals surface area contributed by atoms with Gasteiger partial charge in [0.1, 0.15) is 11.6 Å². The van der Waals surface area contributed by atoms with E-state index in [0.29, 0.717) is 17.1 Å². The van der Waals surface area contributed by atoms with Crippen LogP contribution in [0.3, 0.4) is 0 Å². The number of halogens is 1. The first-order valence-electron chi connectivity index (χ1n) is 6.95. The lowest BCUT2D eigenvalue weighted by Gasteiger charge is -2.28. The van der Waals surface area contributed by atoms with Crippen LogP contribution in [0, 0.1) is 5.82 Å². The Kier molecular flexibility index (Phi) is 3.44. The number of rotatable bonds is 2. The summed E-state index contributed by atoms with van der Waals surface area (Å²) >= 11 is 0.